The van der Waals surface area contributed by atoms with Crippen LogP contribution in [0.2, 0.25) is 5.15 Å². The number of hydrogen-bond acceptors (Lipinski definition) is 8. The van der Waals surface area contributed by atoms with E-state index in [0.29, 0.717) is 25.8 Å². The van der Waals surface area contributed by atoms with Gasteiger partial charge < -0.3 is 9.84 Å². The molecule has 0 aliphatic rings. The Morgan fingerprint density at radius 2 is 1.87 bits per heavy atom. The van der Waals surface area contributed by atoms with E-state index in [1.54, 1.807) is 22.9 Å². The molecule has 0 saturated carbocycles. The molecule has 0 spiro atoms. The van der Waals surface area contributed by atoms with Crippen LogP contribution < -0.4 is 10.2 Å². The SMILES string of the molecule is COc1cc(N=Cc2c(C(=O)N/N=C/c3cc4ccccc4nc3Cl)sc(=S)n2-c2ccccc2)ccc1O. The van der Waals surface area contributed by atoms with Crippen LogP contribution in [0, 0.1) is 3.95 Å². The van der Waals surface area contributed by atoms with E-state index < -0.39 is 5.91 Å². The molecule has 5 aromatic rings. The highest BCUT2D eigenvalue weighted by Crippen LogP contribution is 2.30. The van der Waals surface area contributed by atoms with Gasteiger partial charge in [-0.1, -0.05) is 59.3 Å². The number of aliphatic imine (C=N–C) groups is 1. The van der Waals surface area contributed by atoms with Crippen LogP contribution in [0.25, 0.3) is 16.6 Å². The van der Waals surface area contributed by atoms with E-state index in [-0.39, 0.29) is 16.7 Å². The van der Waals surface area contributed by atoms with Crippen molar-refractivity contribution in [3.05, 3.63) is 104 Å². The van der Waals surface area contributed by atoms with E-state index >= 15 is 0 Å². The number of fused-ring (bicyclic) bond motifs is 1. The maximum atomic E-state index is 13.3. The third-order valence-electron chi connectivity index (χ3n) is 5.64. The molecule has 0 atom stereocenters. The van der Waals surface area contributed by atoms with Crippen LogP contribution in [-0.4, -0.2) is 40.1 Å². The Labute approximate surface area is 237 Å². The second kappa shape index (κ2) is 11.6. The second-order valence-electron chi connectivity index (χ2n) is 8.13. The van der Waals surface area contributed by atoms with E-state index in [1.165, 1.54) is 19.4 Å². The van der Waals surface area contributed by atoms with Gasteiger partial charge in [0.05, 0.1) is 36.4 Å². The predicted molar refractivity (Wildman–Crippen MR) is 158 cm³/mol. The van der Waals surface area contributed by atoms with Crippen LogP contribution in [0.3, 0.4) is 0 Å². The molecular formula is C28H20ClN5O3S2. The highest BCUT2D eigenvalue weighted by Gasteiger charge is 2.19. The van der Waals surface area contributed by atoms with Gasteiger partial charge in [-0.2, -0.15) is 5.10 Å². The Hall–Kier alpha value is -4.38. The van der Waals surface area contributed by atoms with E-state index in [0.717, 1.165) is 27.9 Å². The van der Waals surface area contributed by atoms with Crippen molar-refractivity contribution in [1.29, 1.82) is 0 Å². The molecule has 2 heterocycles. The zero-order valence-electron chi connectivity index (χ0n) is 20.4. The van der Waals surface area contributed by atoms with Gasteiger partial charge in [-0.15, -0.1) is 0 Å². The van der Waals surface area contributed by atoms with Crippen LogP contribution in [-0.2, 0) is 0 Å². The normalized spacial score (nSPS) is 11.4. The lowest BCUT2D eigenvalue weighted by Gasteiger charge is -2.07. The Morgan fingerprint density at radius 1 is 1.10 bits per heavy atom. The fourth-order valence-electron chi connectivity index (χ4n) is 3.78. The van der Waals surface area contributed by atoms with Crippen molar-refractivity contribution in [2.45, 2.75) is 0 Å². The lowest BCUT2D eigenvalue weighted by molar-refractivity contribution is 0.0958. The van der Waals surface area contributed by atoms with Crippen LogP contribution in [0.4, 0.5) is 5.69 Å². The summed E-state index contributed by atoms with van der Waals surface area (Å²) >= 11 is 13.1. The van der Waals surface area contributed by atoms with Gasteiger partial charge in [0, 0.05) is 22.7 Å². The zero-order valence-corrected chi connectivity index (χ0v) is 22.8. The summed E-state index contributed by atoms with van der Waals surface area (Å²) in [5, 5.41) is 15.2. The molecule has 0 aliphatic carbocycles. The number of halogens is 1. The number of phenols is 1. The lowest BCUT2D eigenvalue weighted by atomic mass is 10.2. The van der Waals surface area contributed by atoms with Crippen molar-refractivity contribution in [2.75, 3.05) is 7.11 Å². The van der Waals surface area contributed by atoms with Crippen LogP contribution >= 0.6 is 35.2 Å². The number of ether oxygens (including phenoxy) is 1. The summed E-state index contributed by atoms with van der Waals surface area (Å²) in [6.45, 7) is 0. The first kappa shape index (κ1) is 26.2. The minimum absolute atomic E-state index is 0.00109. The number of carbonyl (C=O) groups is 1. The van der Waals surface area contributed by atoms with Gasteiger partial charge in [-0.25, -0.2) is 10.4 Å². The van der Waals surface area contributed by atoms with E-state index in [4.69, 9.17) is 28.6 Å². The number of nitrogens with zero attached hydrogens (tertiary/aromatic N) is 4. The standard InChI is InChI=1S/C28H20ClN5O3S2/c1-37-24-14-19(11-12-23(24)35)30-16-22-25(39-28(38)34(22)20-8-3-2-4-9-20)27(36)33-31-15-18-13-17-7-5-6-10-21(17)32-26(18)29/h2-16,35H,1H3,(H,33,36)/b30-16?,31-15+. The Morgan fingerprint density at radius 3 is 2.67 bits per heavy atom. The summed E-state index contributed by atoms with van der Waals surface area (Å²) in [7, 11) is 1.46. The molecule has 2 aromatic heterocycles. The molecule has 0 aliphatic heterocycles. The highest BCUT2D eigenvalue weighted by molar-refractivity contribution is 7.73. The number of aromatic nitrogens is 2. The van der Waals surface area contributed by atoms with Crippen molar-refractivity contribution < 1.29 is 14.6 Å². The van der Waals surface area contributed by atoms with Crippen molar-refractivity contribution in [3.8, 4) is 17.2 Å². The van der Waals surface area contributed by atoms with Gasteiger partial charge in [0.15, 0.2) is 15.5 Å². The third kappa shape index (κ3) is 5.73. The molecule has 11 heteroatoms. The third-order valence-corrected chi connectivity index (χ3v) is 7.33. The second-order valence-corrected chi connectivity index (χ2v) is 10.1. The van der Waals surface area contributed by atoms with Crippen LogP contribution in [0.5, 0.6) is 11.5 Å². The average Bonchev–Trinajstić information content (AvgIpc) is 3.29. The summed E-state index contributed by atoms with van der Waals surface area (Å²) < 4.78 is 7.40. The van der Waals surface area contributed by atoms with Gasteiger partial charge in [0.25, 0.3) is 5.91 Å². The number of hydrazone groups is 1. The van der Waals surface area contributed by atoms with Gasteiger partial charge in [0.1, 0.15) is 10.0 Å². The lowest BCUT2D eigenvalue weighted by Crippen LogP contribution is -2.18. The first-order valence-corrected chi connectivity index (χ1v) is 13.2. The average molecular weight is 574 g/mol. The number of methoxy groups -OCH3 is 1. The number of nitrogens with one attached hydrogen (secondary N) is 1. The molecule has 0 fully saturated rings. The molecule has 8 nitrogen and oxygen atoms in total. The molecule has 0 saturated heterocycles. The van der Waals surface area contributed by atoms with Crippen molar-refractivity contribution in [2.24, 2.45) is 10.1 Å². The smallest absolute Gasteiger partial charge is 0.283 e. The van der Waals surface area contributed by atoms with Gasteiger partial charge in [-0.05, 0) is 48.6 Å². The number of benzene rings is 3. The largest absolute Gasteiger partial charge is 0.504 e. The Balaban J connectivity index is 1.48. The number of thiazole rings is 1. The zero-order chi connectivity index (χ0) is 27.4. The molecule has 1 amide bonds. The molecule has 3 aromatic carbocycles. The Bertz CT molecular complexity index is 1800. The monoisotopic (exact) mass is 573 g/mol. The summed E-state index contributed by atoms with van der Waals surface area (Å²) in [4.78, 5) is 22.5. The van der Waals surface area contributed by atoms with Gasteiger partial charge in [-0.3, -0.25) is 14.4 Å². The maximum absolute atomic E-state index is 13.3. The van der Waals surface area contributed by atoms with Crippen molar-refractivity contribution >= 4 is 70.1 Å². The topological polar surface area (TPSA) is 101 Å². The minimum atomic E-state index is -0.466. The number of amides is 1. The first-order valence-electron chi connectivity index (χ1n) is 11.6. The van der Waals surface area contributed by atoms with E-state index in [9.17, 15) is 9.90 Å². The quantitative estimate of drug-likeness (QED) is 0.0976. The van der Waals surface area contributed by atoms with Gasteiger partial charge in [0.2, 0.25) is 0 Å². The molecule has 0 unspecified atom stereocenters. The molecule has 0 radical (unpaired) electrons. The predicted octanol–water partition coefficient (Wildman–Crippen LogP) is 6.70. The van der Waals surface area contributed by atoms with Crippen molar-refractivity contribution in [3.63, 3.8) is 0 Å². The fraction of sp³-hybridized carbons (Fsp3) is 0.0357. The number of rotatable bonds is 7. The fourth-order valence-corrected chi connectivity index (χ4v) is 5.28. The summed E-state index contributed by atoms with van der Waals surface area (Å²) in [5.74, 6) is -0.186. The number of aromatic hydroxyl groups is 1. The van der Waals surface area contributed by atoms with Crippen LogP contribution in [0.1, 0.15) is 20.9 Å². The summed E-state index contributed by atoms with van der Waals surface area (Å²) in [6, 6.07) is 23.6. The number of pyridine rings is 1. The van der Waals surface area contributed by atoms with E-state index in [2.05, 4.69) is 20.5 Å². The number of phenolic OH excluding ortho intramolecular Hbond substituents is 1. The maximum Gasteiger partial charge on any atom is 0.283 e. The number of para-hydroxylation sites is 2. The molecular weight excluding hydrogens is 554 g/mol. The van der Waals surface area contributed by atoms with Gasteiger partial charge >= 0.3 is 0 Å². The Kier molecular flexibility index (Phi) is 7.78. The summed E-state index contributed by atoms with van der Waals surface area (Å²) in [6.07, 6.45) is 3.00. The molecule has 5 rings (SSSR count). The van der Waals surface area contributed by atoms with Crippen molar-refractivity contribution in [1.82, 2.24) is 15.0 Å². The molecule has 194 valence electrons. The molecule has 39 heavy (non-hydrogen) atoms. The molecule has 2 N–H and O–H groups in total. The summed E-state index contributed by atoms with van der Waals surface area (Å²) in [5.41, 5.74) is 5.66. The van der Waals surface area contributed by atoms with E-state index in [1.807, 2.05) is 60.7 Å². The molecule has 0 bridgehead atoms. The first-order chi connectivity index (χ1) is 18.9. The number of carbonyl (C=O) groups excluding carboxylic acids is 1. The highest BCUT2D eigenvalue weighted by atomic mass is 35.5. The number of hydrogen-bond donors (Lipinski definition) is 2. The minimum Gasteiger partial charge on any atom is -0.504 e. The van der Waals surface area contributed by atoms with Crippen LogP contribution in [0.15, 0.2) is 89.0 Å².